The number of nitrogens with zero attached hydrogens (tertiary/aromatic N) is 1. The van der Waals surface area contributed by atoms with Crippen LogP contribution < -0.4 is 5.73 Å². The maximum Gasteiger partial charge on any atom is 0.249 e. The molecule has 1 heterocycles. The molecule has 0 bridgehead atoms. The predicted molar refractivity (Wildman–Crippen MR) is 65.2 cm³/mol. The van der Waals surface area contributed by atoms with E-state index in [1.807, 2.05) is 6.92 Å². The van der Waals surface area contributed by atoms with Crippen LogP contribution in [0.25, 0.3) is 0 Å². The molecule has 0 aliphatic carbocycles. The zero-order valence-corrected chi connectivity index (χ0v) is 10.4. The minimum atomic E-state index is -0.542. The van der Waals surface area contributed by atoms with Crippen LogP contribution in [0.2, 0.25) is 0 Å². The highest BCUT2D eigenvalue weighted by Crippen LogP contribution is 2.20. The first kappa shape index (κ1) is 13.0. The molecular formula is C13H17FN2O2. The molecule has 1 aromatic carbocycles. The van der Waals surface area contributed by atoms with E-state index in [0.717, 1.165) is 0 Å². The summed E-state index contributed by atoms with van der Waals surface area (Å²) in [6.45, 7) is 2.82. The Kier molecular flexibility index (Phi) is 3.63. The molecule has 1 saturated heterocycles. The third kappa shape index (κ3) is 2.68. The van der Waals surface area contributed by atoms with E-state index in [2.05, 4.69) is 0 Å². The van der Waals surface area contributed by atoms with Gasteiger partial charge in [0.2, 0.25) is 5.91 Å². The summed E-state index contributed by atoms with van der Waals surface area (Å²) in [6, 6.07) is 6.45. The van der Waals surface area contributed by atoms with Crippen molar-refractivity contribution in [3.8, 4) is 0 Å². The maximum atomic E-state index is 13.6. The molecule has 4 nitrogen and oxygen atoms in total. The van der Waals surface area contributed by atoms with E-state index in [4.69, 9.17) is 10.5 Å². The number of halogens is 1. The van der Waals surface area contributed by atoms with Gasteiger partial charge in [-0.25, -0.2) is 4.39 Å². The van der Waals surface area contributed by atoms with E-state index in [9.17, 15) is 9.18 Å². The van der Waals surface area contributed by atoms with Gasteiger partial charge in [0.15, 0.2) is 0 Å². The standard InChI is InChI=1S/C13H17FN2O2/c1-13(8-15)9-16(12(17)7-18-13)6-10-4-2-3-5-11(10)14/h2-5H,6-9,15H2,1H3. The zero-order valence-electron chi connectivity index (χ0n) is 10.4. The van der Waals surface area contributed by atoms with Gasteiger partial charge in [0.05, 0.1) is 12.1 Å². The van der Waals surface area contributed by atoms with Gasteiger partial charge in [0, 0.05) is 18.7 Å². The Balaban J connectivity index is 2.12. The highest BCUT2D eigenvalue weighted by Gasteiger charge is 2.34. The van der Waals surface area contributed by atoms with Gasteiger partial charge < -0.3 is 15.4 Å². The molecule has 1 fully saturated rings. The normalized spacial score (nSPS) is 24.4. The van der Waals surface area contributed by atoms with Gasteiger partial charge in [-0.1, -0.05) is 18.2 Å². The lowest BCUT2D eigenvalue weighted by Crippen LogP contribution is -2.56. The highest BCUT2D eigenvalue weighted by molar-refractivity contribution is 5.78. The van der Waals surface area contributed by atoms with E-state index in [1.165, 1.54) is 6.07 Å². The van der Waals surface area contributed by atoms with Gasteiger partial charge >= 0.3 is 0 Å². The monoisotopic (exact) mass is 252 g/mol. The molecule has 1 aliphatic heterocycles. The quantitative estimate of drug-likeness (QED) is 0.869. The number of hydrogen-bond acceptors (Lipinski definition) is 3. The van der Waals surface area contributed by atoms with Gasteiger partial charge in [-0.3, -0.25) is 4.79 Å². The Morgan fingerprint density at radius 2 is 2.22 bits per heavy atom. The predicted octanol–water partition coefficient (Wildman–Crippen LogP) is 0.902. The zero-order chi connectivity index (χ0) is 13.2. The fraction of sp³-hybridized carbons (Fsp3) is 0.462. The number of ether oxygens (including phenoxy) is 1. The summed E-state index contributed by atoms with van der Waals surface area (Å²) in [5.41, 5.74) is 5.60. The molecule has 0 saturated carbocycles. The molecule has 1 aromatic rings. The number of carbonyl (C=O) groups is 1. The molecule has 2 rings (SSSR count). The molecule has 98 valence electrons. The summed E-state index contributed by atoms with van der Waals surface area (Å²) >= 11 is 0. The SMILES string of the molecule is CC1(CN)CN(Cc2ccccc2F)C(=O)CO1. The first-order chi connectivity index (χ1) is 8.54. The smallest absolute Gasteiger partial charge is 0.249 e. The average molecular weight is 252 g/mol. The first-order valence-corrected chi connectivity index (χ1v) is 5.89. The van der Waals surface area contributed by atoms with Crippen molar-refractivity contribution in [2.24, 2.45) is 5.73 Å². The van der Waals surface area contributed by atoms with Crippen LogP contribution in [0.5, 0.6) is 0 Å². The molecule has 2 N–H and O–H groups in total. The number of morpholine rings is 1. The van der Waals surface area contributed by atoms with Crippen LogP contribution in [0.1, 0.15) is 12.5 Å². The van der Waals surface area contributed by atoms with Crippen LogP contribution in [0.3, 0.4) is 0 Å². The number of carbonyl (C=O) groups excluding carboxylic acids is 1. The van der Waals surface area contributed by atoms with Gasteiger partial charge in [-0.15, -0.1) is 0 Å². The largest absolute Gasteiger partial charge is 0.362 e. The Morgan fingerprint density at radius 1 is 1.50 bits per heavy atom. The van der Waals surface area contributed by atoms with Gasteiger partial charge in [0.1, 0.15) is 12.4 Å². The van der Waals surface area contributed by atoms with Crippen LogP contribution in [0.4, 0.5) is 4.39 Å². The van der Waals surface area contributed by atoms with Crippen molar-refractivity contribution in [1.82, 2.24) is 4.90 Å². The third-order valence-electron chi connectivity index (χ3n) is 3.17. The summed E-state index contributed by atoms with van der Waals surface area (Å²) in [7, 11) is 0. The van der Waals surface area contributed by atoms with Crippen molar-refractivity contribution in [3.63, 3.8) is 0 Å². The van der Waals surface area contributed by atoms with Crippen LogP contribution in [0.15, 0.2) is 24.3 Å². The molecule has 5 heteroatoms. The lowest BCUT2D eigenvalue weighted by molar-refractivity contribution is -0.160. The summed E-state index contributed by atoms with van der Waals surface area (Å²) in [5.74, 6) is -0.435. The Bertz CT molecular complexity index is 452. The Labute approximate surface area is 106 Å². The molecule has 1 atom stereocenters. The first-order valence-electron chi connectivity index (χ1n) is 5.89. The van der Waals surface area contributed by atoms with E-state index < -0.39 is 5.60 Å². The fourth-order valence-electron chi connectivity index (χ4n) is 1.96. The van der Waals surface area contributed by atoms with Gasteiger partial charge in [-0.2, -0.15) is 0 Å². The van der Waals surface area contributed by atoms with Crippen LogP contribution in [-0.4, -0.2) is 36.1 Å². The fourth-order valence-corrected chi connectivity index (χ4v) is 1.96. The lowest BCUT2D eigenvalue weighted by Gasteiger charge is -2.39. The van der Waals surface area contributed by atoms with Crippen LogP contribution in [-0.2, 0) is 16.1 Å². The molecular weight excluding hydrogens is 235 g/mol. The van der Waals surface area contributed by atoms with Crippen molar-refractivity contribution in [3.05, 3.63) is 35.6 Å². The minimum absolute atomic E-state index is 0.00214. The van der Waals surface area contributed by atoms with Gasteiger partial charge in [0.25, 0.3) is 0 Å². The summed E-state index contributed by atoms with van der Waals surface area (Å²) in [4.78, 5) is 13.3. The van der Waals surface area contributed by atoms with Crippen molar-refractivity contribution >= 4 is 5.91 Å². The number of nitrogens with two attached hydrogens (primary N) is 1. The second-order valence-corrected chi connectivity index (χ2v) is 4.78. The molecule has 0 radical (unpaired) electrons. The van der Waals surface area contributed by atoms with Gasteiger partial charge in [-0.05, 0) is 13.0 Å². The van der Waals surface area contributed by atoms with Crippen molar-refractivity contribution in [2.75, 3.05) is 19.7 Å². The number of amides is 1. The molecule has 18 heavy (non-hydrogen) atoms. The van der Waals surface area contributed by atoms with E-state index >= 15 is 0 Å². The summed E-state index contributed by atoms with van der Waals surface area (Å²) in [6.07, 6.45) is 0. The molecule has 0 aromatic heterocycles. The second kappa shape index (κ2) is 5.04. The second-order valence-electron chi connectivity index (χ2n) is 4.78. The van der Waals surface area contributed by atoms with Crippen molar-refractivity contribution < 1.29 is 13.9 Å². The molecule has 1 amide bonds. The third-order valence-corrected chi connectivity index (χ3v) is 3.17. The Morgan fingerprint density at radius 3 is 2.89 bits per heavy atom. The number of benzene rings is 1. The average Bonchev–Trinajstić information content (AvgIpc) is 2.37. The number of hydrogen-bond donors (Lipinski definition) is 1. The topological polar surface area (TPSA) is 55.6 Å². The molecule has 0 spiro atoms. The Hall–Kier alpha value is -1.46. The van der Waals surface area contributed by atoms with E-state index in [1.54, 1.807) is 23.1 Å². The minimum Gasteiger partial charge on any atom is -0.362 e. The molecule has 1 unspecified atom stereocenters. The highest BCUT2D eigenvalue weighted by atomic mass is 19.1. The summed E-state index contributed by atoms with van der Waals surface area (Å²) < 4.78 is 19.0. The van der Waals surface area contributed by atoms with E-state index in [0.29, 0.717) is 18.7 Å². The summed E-state index contributed by atoms with van der Waals surface area (Å²) in [5, 5.41) is 0. The van der Waals surface area contributed by atoms with Crippen molar-refractivity contribution in [2.45, 2.75) is 19.1 Å². The van der Waals surface area contributed by atoms with Crippen LogP contribution in [0, 0.1) is 5.82 Å². The van der Waals surface area contributed by atoms with E-state index in [-0.39, 0.29) is 24.9 Å². The molecule has 1 aliphatic rings. The van der Waals surface area contributed by atoms with Crippen LogP contribution >= 0.6 is 0 Å². The maximum absolute atomic E-state index is 13.6. The van der Waals surface area contributed by atoms with Crippen molar-refractivity contribution in [1.29, 1.82) is 0 Å². The lowest BCUT2D eigenvalue weighted by atomic mass is 10.0. The number of rotatable bonds is 3.